The summed E-state index contributed by atoms with van der Waals surface area (Å²) < 4.78 is 11.9. The number of nitrogens with zero attached hydrogens (tertiary/aromatic N) is 4. The van der Waals surface area contributed by atoms with Crippen molar-refractivity contribution in [2.24, 2.45) is 0 Å². The van der Waals surface area contributed by atoms with Crippen molar-refractivity contribution in [1.29, 1.82) is 0 Å². The Balaban J connectivity index is 2.07. The molecule has 0 aromatic carbocycles. The topological polar surface area (TPSA) is 149 Å². The van der Waals surface area contributed by atoms with Crippen molar-refractivity contribution in [3.05, 3.63) is 6.33 Å². The van der Waals surface area contributed by atoms with Crippen molar-refractivity contribution in [3.63, 3.8) is 0 Å². The van der Waals surface area contributed by atoms with Crippen LogP contribution in [0.15, 0.2) is 6.33 Å². The normalized spacial score (nSPS) is 29.1. The predicted molar refractivity (Wildman–Crippen MR) is 69.3 cm³/mol. The number of nitrogen functional groups attached to an aromatic ring is 1. The van der Waals surface area contributed by atoms with Crippen LogP contribution in [0.4, 0.5) is 5.95 Å². The standard InChI is InChI=1S/C11H15N5O5/c1-20-9-5-8(14-11(12)15-9)16(3-13-5)10-7(19)6(18)4(2-17)21-10/h3-4,6-7,10,17-19H,2H2,1H3,(H2,12,14,15)/t4-,6+,7+,10-/m1/s1. The highest BCUT2D eigenvalue weighted by molar-refractivity contribution is 5.77. The lowest BCUT2D eigenvalue weighted by molar-refractivity contribution is -0.0511. The van der Waals surface area contributed by atoms with Crippen molar-refractivity contribution < 1.29 is 24.8 Å². The molecule has 1 fully saturated rings. The highest BCUT2D eigenvalue weighted by atomic mass is 16.6. The molecule has 1 saturated heterocycles. The molecule has 0 radical (unpaired) electrons. The van der Waals surface area contributed by atoms with Gasteiger partial charge in [-0.05, 0) is 0 Å². The number of ether oxygens (including phenoxy) is 2. The average molecular weight is 297 g/mol. The first-order valence-corrected chi connectivity index (χ1v) is 6.23. The Morgan fingerprint density at radius 1 is 1.38 bits per heavy atom. The summed E-state index contributed by atoms with van der Waals surface area (Å²) in [6.45, 7) is -0.415. The summed E-state index contributed by atoms with van der Waals surface area (Å²) in [7, 11) is 1.42. The lowest BCUT2D eigenvalue weighted by atomic mass is 10.1. The van der Waals surface area contributed by atoms with E-state index in [0.29, 0.717) is 11.2 Å². The van der Waals surface area contributed by atoms with Crippen LogP contribution in [0.25, 0.3) is 11.2 Å². The maximum Gasteiger partial charge on any atom is 0.246 e. The van der Waals surface area contributed by atoms with Gasteiger partial charge < -0.3 is 30.5 Å². The lowest BCUT2D eigenvalue weighted by Crippen LogP contribution is -2.33. The van der Waals surface area contributed by atoms with Crippen LogP contribution in [0.1, 0.15) is 6.23 Å². The van der Waals surface area contributed by atoms with Crippen molar-refractivity contribution in [2.45, 2.75) is 24.5 Å². The molecule has 10 nitrogen and oxygen atoms in total. The fourth-order valence-corrected chi connectivity index (χ4v) is 2.35. The van der Waals surface area contributed by atoms with Crippen molar-refractivity contribution in [2.75, 3.05) is 19.5 Å². The summed E-state index contributed by atoms with van der Waals surface area (Å²) in [5.41, 5.74) is 6.26. The van der Waals surface area contributed by atoms with Gasteiger partial charge in [-0.25, -0.2) is 4.98 Å². The van der Waals surface area contributed by atoms with E-state index in [1.165, 1.54) is 18.0 Å². The Kier molecular flexibility index (Phi) is 3.37. The van der Waals surface area contributed by atoms with Gasteiger partial charge in [-0.1, -0.05) is 0 Å². The molecule has 4 atom stereocenters. The highest BCUT2D eigenvalue weighted by Gasteiger charge is 2.44. The largest absolute Gasteiger partial charge is 0.479 e. The van der Waals surface area contributed by atoms with E-state index >= 15 is 0 Å². The number of aromatic nitrogens is 4. The van der Waals surface area contributed by atoms with E-state index in [0.717, 1.165) is 0 Å². The Labute approximate surface area is 118 Å². The van der Waals surface area contributed by atoms with Crippen molar-refractivity contribution in [1.82, 2.24) is 19.5 Å². The van der Waals surface area contributed by atoms with E-state index in [9.17, 15) is 10.2 Å². The maximum atomic E-state index is 10.0. The Morgan fingerprint density at radius 3 is 2.76 bits per heavy atom. The maximum absolute atomic E-state index is 10.0. The van der Waals surface area contributed by atoms with Gasteiger partial charge >= 0.3 is 0 Å². The predicted octanol–water partition coefficient (Wildman–Crippen LogP) is -1.97. The molecule has 1 aliphatic rings. The number of fused-ring (bicyclic) bond motifs is 1. The van der Waals surface area contributed by atoms with E-state index in [4.69, 9.17) is 20.3 Å². The molecule has 0 unspecified atom stereocenters. The van der Waals surface area contributed by atoms with E-state index < -0.39 is 31.1 Å². The van der Waals surface area contributed by atoms with Gasteiger partial charge in [0.1, 0.15) is 18.3 Å². The number of hydrogen-bond acceptors (Lipinski definition) is 9. The SMILES string of the molecule is COc1nc(N)nc2c1ncn2[C@@H]1O[C@H](CO)[C@H](O)[C@@H]1O. The van der Waals surface area contributed by atoms with E-state index in [1.54, 1.807) is 0 Å². The summed E-state index contributed by atoms with van der Waals surface area (Å²) in [5.74, 6) is 0.177. The zero-order valence-corrected chi connectivity index (χ0v) is 11.1. The molecule has 2 aromatic rings. The van der Waals surface area contributed by atoms with Crippen LogP contribution in [-0.2, 0) is 4.74 Å². The number of anilines is 1. The third kappa shape index (κ3) is 2.08. The third-order valence-corrected chi connectivity index (χ3v) is 3.39. The van der Waals surface area contributed by atoms with Gasteiger partial charge in [0.2, 0.25) is 11.8 Å². The summed E-state index contributed by atoms with van der Waals surface area (Å²) >= 11 is 0. The van der Waals surface area contributed by atoms with Crippen LogP contribution in [0, 0.1) is 0 Å². The van der Waals surface area contributed by atoms with Gasteiger partial charge in [0.15, 0.2) is 17.4 Å². The molecule has 114 valence electrons. The fourth-order valence-electron chi connectivity index (χ4n) is 2.35. The minimum absolute atomic E-state index is 0.0205. The second kappa shape index (κ2) is 5.07. The van der Waals surface area contributed by atoms with E-state index in [2.05, 4.69) is 15.0 Å². The molecule has 3 heterocycles. The van der Waals surface area contributed by atoms with Crippen molar-refractivity contribution >= 4 is 17.1 Å². The number of rotatable bonds is 3. The average Bonchev–Trinajstić information content (AvgIpc) is 3.01. The molecule has 5 N–H and O–H groups in total. The van der Waals surface area contributed by atoms with Gasteiger partial charge in [-0.2, -0.15) is 9.97 Å². The molecule has 21 heavy (non-hydrogen) atoms. The Hall–Kier alpha value is -2.01. The summed E-state index contributed by atoms with van der Waals surface area (Å²) in [4.78, 5) is 12.1. The van der Waals surface area contributed by atoms with E-state index in [-0.39, 0.29) is 11.8 Å². The molecule has 3 rings (SSSR count). The molecule has 0 aliphatic carbocycles. The lowest BCUT2D eigenvalue weighted by Gasteiger charge is -2.16. The van der Waals surface area contributed by atoms with Crippen LogP contribution in [-0.4, -0.2) is 66.9 Å². The first kappa shape index (κ1) is 13.9. The Morgan fingerprint density at radius 2 is 2.14 bits per heavy atom. The molecule has 0 saturated carbocycles. The third-order valence-electron chi connectivity index (χ3n) is 3.39. The molecular weight excluding hydrogens is 282 g/mol. The first-order valence-electron chi connectivity index (χ1n) is 6.23. The molecule has 1 aliphatic heterocycles. The number of aliphatic hydroxyl groups is 3. The zero-order chi connectivity index (χ0) is 15.1. The van der Waals surface area contributed by atoms with Crippen LogP contribution in [0.5, 0.6) is 5.88 Å². The number of nitrogens with two attached hydrogens (primary N) is 1. The van der Waals surface area contributed by atoms with Gasteiger partial charge in [0, 0.05) is 0 Å². The fraction of sp³-hybridized carbons (Fsp3) is 0.545. The summed E-state index contributed by atoms with van der Waals surface area (Å²) in [5, 5.41) is 29.0. The highest BCUT2D eigenvalue weighted by Crippen LogP contribution is 2.32. The molecular formula is C11H15N5O5. The summed E-state index contributed by atoms with van der Waals surface area (Å²) in [6.07, 6.45) is -2.90. The number of methoxy groups -OCH3 is 1. The number of aliphatic hydroxyl groups excluding tert-OH is 3. The number of hydrogen-bond donors (Lipinski definition) is 4. The monoisotopic (exact) mass is 297 g/mol. The quantitative estimate of drug-likeness (QED) is 0.506. The van der Waals surface area contributed by atoms with Crippen LogP contribution >= 0.6 is 0 Å². The zero-order valence-electron chi connectivity index (χ0n) is 11.1. The second-order valence-electron chi connectivity index (χ2n) is 4.64. The van der Waals surface area contributed by atoms with Crippen LogP contribution in [0.2, 0.25) is 0 Å². The summed E-state index contributed by atoms with van der Waals surface area (Å²) in [6, 6.07) is 0. The van der Waals surface area contributed by atoms with Crippen LogP contribution in [0.3, 0.4) is 0 Å². The molecule has 2 aromatic heterocycles. The minimum atomic E-state index is -1.23. The number of imidazole rings is 1. The van der Waals surface area contributed by atoms with E-state index in [1.807, 2.05) is 0 Å². The first-order chi connectivity index (χ1) is 10.1. The molecule has 0 amide bonds. The smallest absolute Gasteiger partial charge is 0.246 e. The molecule has 0 spiro atoms. The van der Waals surface area contributed by atoms with Gasteiger partial charge in [0.25, 0.3) is 0 Å². The van der Waals surface area contributed by atoms with Gasteiger partial charge in [0.05, 0.1) is 20.0 Å². The van der Waals surface area contributed by atoms with Crippen LogP contribution < -0.4 is 10.5 Å². The minimum Gasteiger partial charge on any atom is -0.479 e. The van der Waals surface area contributed by atoms with Gasteiger partial charge in [-0.3, -0.25) is 4.57 Å². The van der Waals surface area contributed by atoms with Crippen molar-refractivity contribution in [3.8, 4) is 5.88 Å². The van der Waals surface area contributed by atoms with Gasteiger partial charge in [-0.15, -0.1) is 0 Å². The second-order valence-corrected chi connectivity index (χ2v) is 4.64. The molecule has 10 heteroatoms. The molecule has 0 bridgehead atoms. The Bertz CT molecular complexity index is 662.